The van der Waals surface area contributed by atoms with Crippen molar-refractivity contribution in [2.45, 2.75) is 43.5 Å². The maximum absolute atomic E-state index is 9.99. The molecule has 3 heterocycles. The van der Waals surface area contributed by atoms with Gasteiger partial charge >= 0.3 is 0 Å². The zero-order valence-corrected chi connectivity index (χ0v) is 19.1. The molecule has 10 heteroatoms. The molecule has 0 amide bonds. The molecule has 1 fully saturated rings. The minimum Gasteiger partial charge on any atom is -0.493 e. The van der Waals surface area contributed by atoms with Crippen LogP contribution < -0.4 is 14.2 Å². The Kier molecular flexibility index (Phi) is 6.83. The molecular weight excluding hydrogens is 460 g/mol. The predicted molar refractivity (Wildman–Crippen MR) is 122 cm³/mol. The SMILES string of the molecule is COc1cc(CCCOC[C@H]2O[C@@H](O)[C@H](O)[C@@H](O)[C@@H]2O)cc2cc(-c3ccc4c(c3)OCO4)oc12. The Balaban J connectivity index is 1.21. The third-order valence-electron chi connectivity index (χ3n) is 6.24. The number of rotatable bonds is 8. The summed E-state index contributed by atoms with van der Waals surface area (Å²) in [5.41, 5.74) is 2.57. The van der Waals surface area contributed by atoms with Crippen LogP contribution in [0.5, 0.6) is 17.2 Å². The number of hydrogen-bond acceptors (Lipinski definition) is 10. The number of methoxy groups -OCH3 is 1. The molecular formula is C25H28O10. The van der Waals surface area contributed by atoms with Crippen molar-refractivity contribution < 1.29 is 48.5 Å². The van der Waals surface area contributed by atoms with Gasteiger partial charge in [0.15, 0.2) is 29.1 Å². The number of fused-ring (bicyclic) bond motifs is 2. The van der Waals surface area contributed by atoms with Crippen LogP contribution in [0.1, 0.15) is 12.0 Å². The zero-order valence-electron chi connectivity index (χ0n) is 19.1. The van der Waals surface area contributed by atoms with Gasteiger partial charge in [-0.3, -0.25) is 0 Å². The molecule has 0 saturated carbocycles. The molecule has 3 aromatic rings. The van der Waals surface area contributed by atoms with Crippen LogP contribution in [0.3, 0.4) is 0 Å². The van der Waals surface area contributed by atoms with Crippen LogP contribution in [0.25, 0.3) is 22.3 Å². The van der Waals surface area contributed by atoms with Crippen molar-refractivity contribution in [3.05, 3.63) is 42.0 Å². The van der Waals surface area contributed by atoms with E-state index in [1.54, 1.807) is 7.11 Å². The lowest BCUT2D eigenvalue weighted by Gasteiger charge is -2.38. The fourth-order valence-electron chi connectivity index (χ4n) is 4.31. The average Bonchev–Trinajstić information content (AvgIpc) is 3.51. The first-order chi connectivity index (χ1) is 16.9. The van der Waals surface area contributed by atoms with Gasteiger partial charge in [-0.1, -0.05) is 0 Å². The maximum atomic E-state index is 9.99. The van der Waals surface area contributed by atoms with Gasteiger partial charge < -0.3 is 48.5 Å². The highest BCUT2D eigenvalue weighted by Gasteiger charge is 2.42. The fourth-order valence-corrected chi connectivity index (χ4v) is 4.31. The van der Waals surface area contributed by atoms with E-state index >= 15 is 0 Å². The molecule has 1 aromatic heterocycles. The van der Waals surface area contributed by atoms with Gasteiger partial charge in [0.05, 0.1) is 13.7 Å². The number of aliphatic hydroxyl groups excluding tert-OH is 4. The van der Waals surface area contributed by atoms with Crippen LogP contribution in [-0.4, -0.2) is 78.2 Å². The first kappa shape index (κ1) is 23.9. The Bertz CT molecular complexity index is 1170. The van der Waals surface area contributed by atoms with Gasteiger partial charge in [0, 0.05) is 17.6 Å². The Morgan fingerprint density at radius 2 is 1.77 bits per heavy atom. The molecule has 2 aliphatic rings. The van der Waals surface area contributed by atoms with Gasteiger partial charge in [0.1, 0.15) is 30.2 Å². The Morgan fingerprint density at radius 1 is 0.943 bits per heavy atom. The molecule has 5 atom stereocenters. The summed E-state index contributed by atoms with van der Waals surface area (Å²) in [4.78, 5) is 0. The fraction of sp³-hybridized carbons (Fsp3) is 0.440. The molecule has 4 N–H and O–H groups in total. The predicted octanol–water partition coefficient (Wildman–Crippen LogP) is 1.59. The van der Waals surface area contributed by atoms with Crippen LogP contribution >= 0.6 is 0 Å². The van der Waals surface area contributed by atoms with E-state index in [1.165, 1.54) is 0 Å². The molecule has 10 nitrogen and oxygen atoms in total. The molecule has 2 aromatic carbocycles. The molecule has 188 valence electrons. The van der Waals surface area contributed by atoms with Crippen LogP contribution in [0.15, 0.2) is 40.8 Å². The maximum Gasteiger partial charge on any atom is 0.231 e. The molecule has 0 bridgehead atoms. The number of ether oxygens (including phenoxy) is 5. The van der Waals surface area contributed by atoms with Crippen molar-refractivity contribution in [1.82, 2.24) is 0 Å². The highest BCUT2D eigenvalue weighted by molar-refractivity contribution is 5.88. The van der Waals surface area contributed by atoms with Crippen LogP contribution in [0.2, 0.25) is 0 Å². The van der Waals surface area contributed by atoms with Gasteiger partial charge in [-0.2, -0.15) is 0 Å². The highest BCUT2D eigenvalue weighted by Crippen LogP contribution is 2.39. The molecule has 5 rings (SSSR count). The van der Waals surface area contributed by atoms with Gasteiger partial charge in [-0.25, -0.2) is 0 Å². The van der Waals surface area contributed by atoms with E-state index in [4.69, 9.17) is 28.1 Å². The third-order valence-corrected chi connectivity index (χ3v) is 6.24. The smallest absolute Gasteiger partial charge is 0.231 e. The van der Waals surface area contributed by atoms with Gasteiger partial charge in [0.2, 0.25) is 6.79 Å². The summed E-state index contributed by atoms with van der Waals surface area (Å²) in [6.45, 7) is 0.557. The minimum absolute atomic E-state index is 0.0228. The topological polar surface area (TPSA) is 140 Å². The quantitative estimate of drug-likeness (QED) is 0.346. The van der Waals surface area contributed by atoms with E-state index in [1.807, 2.05) is 36.4 Å². The monoisotopic (exact) mass is 488 g/mol. The van der Waals surface area contributed by atoms with E-state index in [0.717, 1.165) is 16.5 Å². The Labute approximate surface area is 201 Å². The van der Waals surface area contributed by atoms with E-state index in [9.17, 15) is 20.4 Å². The lowest BCUT2D eigenvalue weighted by Crippen LogP contribution is -2.58. The molecule has 2 aliphatic heterocycles. The summed E-state index contributed by atoms with van der Waals surface area (Å²) in [5.74, 6) is 2.71. The van der Waals surface area contributed by atoms with Crippen molar-refractivity contribution in [1.29, 1.82) is 0 Å². The number of furan rings is 1. The minimum atomic E-state index is -1.57. The van der Waals surface area contributed by atoms with Crippen molar-refractivity contribution in [2.75, 3.05) is 27.1 Å². The van der Waals surface area contributed by atoms with E-state index in [0.29, 0.717) is 48.0 Å². The lowest BCUT2D eigenvalue weighted by atomic mass is 9.99. The van der Waals surface area contributed by atoms with E-state index in [-0.39, 0.29) is 13.4 Å². The standard InChI is InChI=1S/C25H28O10/c1-30-19-8-13(3-2-6-31-11-20-21(26)22(27)23(28)25(29)35-20)7-15-10-17(34-24(15)19)14-4-5-16-18(9-14)33-12-32-16/h4-5,7-10,20-23,25-29H,2-3,6,11-12H2,1H3/t20-,21-,22+,23-,25-/m1/s1. The summed E-state index contributed by atoms with van der Waals surface area (Å²) in [6, 6.07) is 11.6. The lowest BCUT2D eigenvalue weighted by molar-refractivity contribution is -0.288. The second kappa shape index (κ2) is 10.0. The molecule has 35 heavy (non-hydrogen) atoms. The second-order valence-electron chi connectivity index (χ2n) is 8.61. The second-order valence-corrected chi connectivity index (χ2v) is 8.61. The number of aliphatic hydroxyl groups is 4. The van der Waals surface area contributed by atoms with Crippen LogP contribution in [-0.2, 0) is 15.9 Å². The van der Waals surface area contributed by atoms with Crippen LogP contribution in [0.4, 0.5) is 0 Å². The highest BCUT2D eigenvalue weighted by atomic mass is 16.7. The Hall–Kier alpha value is -2.86. The van der Waals surface area contributed by atoms with Gasteiger partial charge in [0.25, 0.3) is 0 Å². The first-order valence-corrected chi connectivity index (χ1v) is 11.4. The average molecular weight is 488 g/mol. The zero-order chi connectivity index (χ0) is 24.5. The van der Waals surface area contributed by atoms with E-state index in [2.05, 4.69) is 0 Å². The summed E-state index contributed by atoms with van der Waals surface area (Å²) in [7, 11) is 1.60. The largest absolute Gasteiger partial charge is 0.493 e. The molecule has 0 spiro atoms. The van der Waals surface area contributed by atoms with Gasteiger partial charge in [-0.15, -0.1) is 0 Å². The number of hydrogen-bond donors (Lipinski definition) is 4. The van der Waals surface area contributed by atoms with E-state index < -0.39 is 30.7 Å². The van der Waals surface area contributed by atoms with Crippen molar-refractivity contribution in [2.24, 2.45) is 0 Å². The number of benzene rings is 2. The summed E-state index contributed by atoms with van der Waals surface area (Å²) < 4.78 is 33.2. The Morgan fingerprint density at radius 3 is 2.60 bits per heavy atom. The number of aryl methyl sites for hydroxylation is 1. The first-order valence-electron chi connectivity index (χ1n) is 11.4. The normalized spacial score (nSPS) is 25.8. The van der Waals surface area contributed by atoms with Crippen LogP contribution in [0, 0.1) is 0 Å². The summed E-state index contributed by atoms with van der Waals surface area (Å²) in [5, 5.41) is 39.8. The summed E-state index contributed by atoms with van der Waals surface area (Å²) >= 11 is 0. The third kappa shape index (κ3) is 4.81. The molecule has 0 aliphatic carbocycles. The molecule has 1 saturated heterocycles. The molecule has 0 radical (unpaired) electrons. The van der Waals surface area contributed by atoms with Crippen molar-refractivity contribution in [3.8, 4) is 28.6 Å². The molecule has 0 unspecified atom stereocenters. The van der Waals surface area contributed by atoms with Crippen molar-refractivity contribution >= 4 is 11.0 Å². The summed E-state index contributed by atoms with van der Waals surface area (Å²) in [6.07, 6.45) is -5.52. The van der Waals surface area contributed by atoms with Crippen molar-refractivity contribution in [3.63, 3.8) is 0 Å². The van der Waals surface area contributed by atoms with Gasteiger partial charge in [-0.05, 0) is 54.8 Å².